The van der Waals surface area contributed by atoms with Crippen molar-refractivity contribution in [2.24, 2.45) is 5.92 Å². The second kappa shape index (κ2) is 7.54. The van der Waals surface area contributed by atoms with E-state index < -0.39 is 0 Å². The van der Waals surface area contributed by atoms with Crippen molar-refractivity contribution in [2.75, 3.05) is 42.6 Å². The number of anilines is 2. The average molecular weight is 353 g/mol. The third-order valence-corrected chi connectivity index (χ3v) is 5.67. The highest BCUT2D eigenvalue weighted by molar-refractivity contribution is 5.56. The largest absolute Gasteiger partial charge is 0.378 e. The Morgan fingerprint density at radius 2 is 1.88 bits per heavy atom. The molecule has 2 aliphatic heterocycles. The maximum absolute atomic E-state index is 12.3. The van der Waals surface area contributed by atoms with Crippen LogP contribution < -0.4 is 15.4 Å². The van der Waals surface area contributed by atoms with Gasteiger partial charge in [0.2, 0.25) is 0 Å². The van der Waals surface area contributed by atoms with Crippen LogP contribution in [0.1, 0.15) is 18.9 Å². The number of hydrogen-bond acceptors (Lipinski definition) is 4. The molecule has 1 aromatic heterocycles. The van der Waals surface area contributed by atoms with Crippen LogP contribution in [-0.2, 0) is 11.2 Å². The molecular weight excluding hydrogens is 326 g/mol. The van der Waals surface area contributed by atoms with Crippen molar-refractivity contribution in [2.45, 2.75) is 25.8 Å². The van der Waals surface area contributed by atoms with Crippen molar-refractivity contribution in [1.29, 1.82) is 0 Å². The smallest absolute Gasteiger partial charge is 0.251 e. The fourth-order valence-electron chi connectivity index (χ4n) is 4.15. The van der Waals surface area contributed by atoms with Gasteiger partial charge in [0.05, 0.1) is 13.2 Å². The highest BCUT2D eigenvalue weighted by Gasteiger charge is 2.32. The van der Waals surface area contributed by atoms with Crippen LogP contribution in [0.15, 0.2) is 47.3 Å². The molecule has 0 amide bonds. The third-order valence-electron chi connectivity index (χ3n) is 5.67. The first-order valence-corrected chi connectivity index (χ1v) is 9.58. The minimum atomic E-state index is -0.0259. The van der Waals surface area contributed by atoms with Crippen LogP contribution in [0.4, 0.5) is 11.5 Å². The molecule has 2 saturated heterocycles. The predicted molar refractivity (Wildman–Crippen MR) is 105 cm³/mol. The van der Waals surface area contributed by atoms with Crippen molar-refractivity contribution >= 4 is 11.5 Å². The summed E-state index contributed by atoms with van der Waals surface area (Å²) < 4.78 is 5.44. The van der Waals surface area contributed by atoms with E-state index in [1.165, 1.54) is 5.56 Å². The van der Waals surface area contributed by atoms with E-state index >= 15 is 0 Å². The Kier molecular flexibility index (Phi) is 4.98. The summed E-state index contributed by atoms with van der Waals surface area (Å²) in [5.74, 6) is 1.55. The highest BCUT2D eigenvalue weighted by Crippen LogP contribution is 2.31. The maximum Gasteiger partial charge on any atom is 0.251 e. The Morgan fingerprint density at radius 1 is 1.12 bits per heavy atom. The van der Waals surface area contributed by atoms with Gasteiger partial charge in [-0.2, -0.15) is 0 Å². The van der Waals surface area contributed by atoms with Crippen molar-refractivity contribution in [3.05, 3.63) is 58.4 Å². The standard InChI is InChI=1S/C21H27N3O2/c1-16-7-8-24(19(16)13-17-5-3-2-4-6-17)20-14-18(15-21(25)22-20)23-9-11-26-12-10-23/h2-6,14-16,19H,7-13H2,1H3,(H,22,25)/t16-,19-/m0/s1. The Balaban J connectivity index is 1.60. The minimum absolute atomic E-state index is 0.0259. The molecule has 26 heavy (non-hydrogen) atoms. The molecular formula is C21H27N3O2. The molecule has 0 bridgehead atoms. The number of aromatic amines is 1. The quantitative estimate of drug-likeness (QED) is 0.918. The first-order chi connectivity index (χ1) is 12.7. The zero-order chi connectivity index (χ0) is 17.9. The van der Waals surface area contributed by atoms with Crippen LogP contribution in [0.3, 0.4) is 0 Å². The average Bonchev–Trinajstić information content (AvgIpc) is 3.03. The molecule has 5 nitrogen and oxygen atoms in total. The zero-order valence-electron chi connectivity index (χ0n) is 15.4. The normalized spacial score (nSPS) is 23.4. The second-order valence-corrected chi connectivity index (χ2v) is 7.40. The summed E-state index contributed by atoms with van der Waals surface area (Å²) in [7, 11) is 0. The van der Waals surface area contributed by atoms with E-state index in [9.17, 15) is 4.79 Å². The lowest BCUT2D eigenvalue weighted by molar-refractivity contribution is 0.122. The fraction of sp³-hybridized carbons (Fsp3) is 0.476. The number of H-pyrrole nitrogens is 1. The number of rotatable bonds is 4. The maximum atomic E-state index is 12.3. The fourth-order valence-corrected chi connectivity index (χ4v) is 4.15. The van der Waals surface area contributed by atoms with E-state index in [0.29, 0.717) is 12.0 Å². The predicted octanol–water partition coefficient (Wildman–Crippen LogP) is 2.67. The van der Waals surface area contributed by atoms with Gasteiger partial charge in [0, 0.05) is 43.5 Å². The lowest BCUT2D eigenvalue weighted by atomic mass is 9.96. The van der Waals surface area contributed by atoms with Crippen molar-refractivity contribution in [3.8, 4) is 0 Å². The van der Waals surface area contributed by atoms with Gasteiger partial charge >= 0.3 is 0 Å². The molecule has 138 valence electrons. The molecule has 0 unspecified atom stereocenters. The third kappa shape index (κ3) is 3.63. The SMILES string of the molecule is C[C@H]1CCN(c2cc(N3CCOCC3)cc(=O)[nH]2)[C@H]1Cc1ccccc1. The van der Waals surface area contributed by atoms with Gasteiger partial charge in [-0.15, -0.1) is 0 Å². The summed E-state index contributed by atoms with van der Waals surface area (Å²) in [5.41, 5.74) is 2.33. The number of nitrogens with zero attached hydrogens (tertiary/aromatic N) is 2. The number of aromatic nitrogens is 1. The lowest BCUT2D eigenvalue weighted by Gasteiger charge is -2.32. The van der Waals surface area contributed by atoms with Crippen LogP contribution in [0.5, 0.6) is 0 Å². The molecule has 2 fully saturated rings. The number of hydrogen-bond donors (Lipinski definition) is 1. The molecule has 5 heteroatoms. The molecule has 2 aliphatic rings. The first kappa shape index (κ1) is 17.2. The van der Waals surface area contributed by atoms with Gasteiger partial charge in [-0.05, 0) is 24.3 Å². The summed E-state index contributed by atoms with van der Waals surface area (Å²) in [6.07, 6.45) is 2.16. The molecule has 2 atom stereocenters. The molecule has 0 spiro atoms. The van der Waals surface area contributed by atoms with Crippen LogP contribution >= 0.6 is 0 Å². The molecule has 2 aromatic rings. The van der Waals surface area contributed by atoms with Gasteiger partial charge in [-0.3, -0.25) is 4.79 Å². The molecule has 0 saturated carbocycles. The van der Waals surface area contributed by atoms with Gasteiger partial charge in [0.1, 0.15) is 5.82 Å². The minimum Gasteiger partial charge on any atom is -0.378 e. The van der Waals surface area contributed by atoms with Gasteiger partial charge < -0.3 is 19.5 Å². The number of ether oxygens (including phenoxy) is 1. The molecule has 3 heterocycles. The number of pyridine rings is 1. The summed E-state index contributed by atoms with van der Waals surface area (Å²) in [6, 6.07) is 14.9. The topological polar surface area (TPSA) is 48.6 Å². The van der Waals surface area contributed by atoms with E-state index in [1.807, 2.05) is 0 Å². The summed E-state index contributed by atoms with van der Waals surface area (Å²) in [5, 5.41) is 0. The molecule has 4 rings (SSSR count). The van der Waals surface area contributed by atoms with E-state index in [0.717, 1.165) is 57.2 Å². The van der Waals surface area contributed by atoms with E-state index in [1.54, 1.807) is 6.07 Å². The highest BCUT2D eigenvalue weighted by atomic mass is 16.5. The molecule has 0 aliphatic carbocycles. The van der Waals surface area contributed by atoms with Crippen LogP contribution in [0, 0.1) is 5.92 Å². The number of benzene rings is 1. The second-order valence-electron chi connectivity index (χ2n) is 7.40. The van der Waals surface area contributed by atoms with E-state index in [4.69, 9.17) is 4.74 Å². The van der Waals surface area contributed by atoms with Crippen molar-refractivity contribution in [1.82, 2.24) is 4.98 Å². The summed E-state index contributed by atoms with van der Waals surface area (Å²) in [4.78, 5) is 20.0. The van der Waals surface area contributed by atoms with Gasteiger partial charge in [0.25, 0.3) is 5.56 Å². The Bertz CT molecular complexity index is 783. The molecule has 1 N–H and O–H groups in total. The Labute approximate surface area is 154 Å². The Hall–Kier alpha value is -2.27. The van der Waals surface area contributed by atoms with Crippen LogP contribution in [0.2, 0.25) is 0 Å². The van der Waals surface area contributed by atoms with Gasteiger partial charge in [0.15, 0.2) is 0 Å². The summed E-state index contributed by atoms with van der Waals surface area (Å²) in [6.45, 7) is 6.43. The molecule has 1 aromatic carbocycles. The van der Waals surface area contributed by atoms with Crippen molar-refractivity contribution < 1.29 is 4.74 Å². The first-order valence-electron chi connectivity index (χ1n) is 9.58. The number of morpholine rings is 1. The lowest BCUT2D eigenvalue weighted by Crippen LogP contribution is -2.38. The van der Waals surface area contributed by atoms with Gasteiger partial charge in [-0.25, -0.2) is 0 Å². The van der Waals surface area contributed by atoms with Gasteiger partial charge in [-0.1, -0.05) is 37.3 Å². The van der Waals surface area contributed by atoms with E-state index in [2.05, 4.69) is 58.1 Å². The van der Waals surface area contributed by atoms with Crippen LogP contribution in [0.25, 0.3) is 0 Å². The van der Waals surface area contributed by atoms with E-state index in [-0.39, 0.29) is 5.56 Å². The number of nitrogens with one attached hydrogen (secondary N) is 1. The molecule has 0 radical (unpaired) electrons. The van der Waals surface area contributed by atoms with Crippen molar-refractivity contribution in [3.63, 3.8) is 0 Å². The monoisotopic (exact) mass is 353 g/mol. The summed E-state index contributed by atoms with van der Waals surface area (Å²) >= 11 is 0. The Morgan fingerprint density at radius 3 is 2.65 bits per heavy atom. The zero-order valence-corrected chi connectivity index (χ0v) is 15.4. The van der Waals surface area contributed by atoms with Crippen LogP contribution in [-0.4, -0.2) is 43.9 Å².